The van der Waals surface area contributed by atoms with Crippen LogP contribution in [-0.4, -0.2) is 21.8 Å². The molecule has 5 nitrogen and oxygen atoms in total. The summed E-state index contributed by atoms with van der Waals surface area (Å²) in [6.45, 7) is 4.43. The van der Waals surface area contributed by atoms with Crippen LogP contribution in [0, 0.1) is 5.41 Å². The second-order valence-corrected chi connectivity index (χ2v) is 4.49. The summed E-state index contributed by atoms with van der Waals surface area (Å²) in [5.74, 6) is 1.28. The minimum absolute atomic E-state index is 0.107. The maximum absolute atomic E-state index is 9.35. The molecule has 3 N–H and O–H groups in total. The summed E-state index contributed by atoms with van der Waals surface area (Å²) in [6.07, 6.45) is 0.239. The van der Waals surface area contributed by atoms with Crippen LogP contribution >= 0.6 is 0 Å². The summed E-state index contributed by atoms with van der Waals surface area (Å²) in [5.41, 5.74) is 5.55. The van der Waals surface area contributed by atoms with Crippen LogP contribution in [0.15, 0.2) is 4.52 Å². The van der Waals surface area contributed by atoms with E-state index < -0.39 is 6.10 Å². The number of hydrogen-bond donors (Lipinski definition) is 2. The van der Waals surface area contributed by atoms with Crippen LogP contribution in [0.1, 0.15) is 44.0 Å². The highest BCUT2D eigenvalue weighted by atomic mass is 16.5. The maximum Gasteiger partial charge on any atom is 0.256 e. The van der Waals surface area contributed by atoms with Gasteiger partial charge in [-0.05, 0) is 11.8 Å². The second-order valence-electron chi connectivity index (χ2n) is 4.49. The zero-order valence-corrected chi connectivity index (χ0v) is 8.40. The molecule has 0 amide bonds. The molecule has 0 spiro atoms. The van der Waals surface area contributed by atoms with Gasteiger partial charge in [-0.1, -0.05) is 19.0 Å². The van der Waals surface area contributed by atoms with Gasteiger partial charge in [0.1, 0.15) is 6.10 Å². The van der Waals surface area contributed by atoms with Gasteiger partial charge in [0.05, 0.1) is 0 Å². The van der Waals surface area contributed by atoms with Crippen molar-refractivity contribution in [1.29, 1.82) is 0 Å². The second kappa shape index (κ2) is 3.03. The lowest BCUT2D eigenvalue weighted by molar-refractivity contribution is 0.141. The lowest BCUT2D eigenvalue weighted by atomic mass is 10.1. The topological polar surface area (TPSA) is 85.2 Å². The van der Waals surface area contributed by atoms with E-state index in [1.807, 2.05) is 0 Å². The molecule has 78 valence electrons. The fraction of sp³-hybridized carbons (Fsp3) is 0.778. The SMILES string of the molecule is CC1(C)CC1c1noc([C@@H](O)CN)n1. The highest BCUT2D eigenvalue weighted by Crippen LogP contribution is 2.57. The zero-order chi connectivity index (χ0) is 10.3. The van der Waals surface area contributed by atoms with E-state index >= 15 is 0 Å². The first-order valence-corrected chi connectivity index (χ1v) is 4.76. The van der Waals surface area contributed by atoms with Crippen LogP contribution in [-0.2, 0) is 0 Å². The number of nitrogens with zero attached hydrogens (tertiary/aromatic N) is 2. The van der Waals surface area contributed by atoms with Gasteiger partial charge in [-0.25, -0.2) is 0 Å². The fourth-order valence-corrected chi connectivity index (χ4v) is 1.53. The van der Waals surface area contributed by atoms with Crippen LogP contribution in [0.2, 0.25) is 0 Å². The molecule has 1 aliphatic carbocycles. The number of rotatable bonds is 3. The summed E-state index contributed by atoms with van der Waals surface area (Å²) in [4.78, 5) is 4.13. The average Bonchev–Trinajstić information content (AvgIpc) is 2.64. The number of aliphatic hydroxyl groups excluding tert-OH is 1. The molecule has 5 heteroatoms. The van der Waals surface area contributed by atoms with Crippen molar-refractivity contribution in [3.8, 4) is 0 Å². The molecule has 14 heavy (non-hydrogen) atoms. The van der Waals surface area contributed by atoms with Gasteiger partial charge in [0.15, 0.2) is 5.82 Å². The van der Waals surface area contributed by atoms with Gasteiger partial charge in [0.25, 0.3) is 5.89 Å². The molecule has 1 saturated carbocycles. The predicted octanol–water partition coefficient (Wildman–Crippen LogP) is 0.575. The predicted molar refractivity (Wildman–Crippen MR) is 49.5 cm³/mol. The molecule has 1 unspecified atom stereocenters. The molecule has 2 rings (SSSR count). The Hall–Kier alpha value is -0.940. The van der Waals surface area contributed by atoms with E-state index in [0.29, 0.717) is 11.7 Å². The van der Waals surface area contributed by atoms with Crippen LogP contribution in [0.4, 0.5) is 0 Å². The number of aromatic nitrogens is 2. The summed E-state index contributed by atoms with van der Waals surface area (Å²) in [6, 6.07) is 0. The molecule has 2 atom stereocenters. The first kappa shape index (κ1) is 9.61. The molecule has 1 aromatic rings. The lowest BCUT2D eigenvalue weighted by Crippen LogP contribution is -2.11. The van der Waals surface area contributed by atoms with Gasteiger partial charge in [-0.3, -0.25) is 0 Å². The monoisotopic (exact) mass is 197 g/mol. The van der Waals surface area contributed by atoms with Gasteiger partial charge >= 0.3 is 0 Å². The van der Waals surface area contributed by atoms with Crippen LogP contribution in [0.5, 0.6) is 0 Å². The summed E-state index contributed by atoms with van der Waals surface area (Å²) in [7, 11) is 0. The Balaban J connectivity index is 2.11. The third-order valence-corrected chi connectivity index (χ3v) is 2.79. The first-order chi connectivity index (χ1) is 6.54. The average molecular weight is 197 g/mol. The van der Waals surface area contributed by atoms with Crippen LogP contribution in [0.3, 0.4) is 0 Å². The highest BCUT2D eigenvalue weighted by Gasteiger charge is 2.49. The van der Waals surface area contributed by atoms with Gasteiger partial charge in [0.2, 0.25) is 0 Å². The van der Waals surface area contributed by atoms with Gasteiger partial charge in [0, 0.05) is 12.5 Å². The molecular weight excluding hydrogens is 182 g/mol. The molecule has 0 radical (unpaired) electrons. The van der Waals surface area contributed by atoms with E-state index in [1.54, 1.807) is 0 Å². The normalized spacial score (nSPS) is 26.1. The van der Waals surface area contributed by atoms with Gasteiger partial charge < -0.3 is 15.4 Å². The molecule has 0 bridgehead atoms. The van der Waals surface area contributed by atoms with E-state index in [2.05, 4.69) is 24.0 Å². The number of aliphatic hydroxyl groups is 1. The van der Waals surface area contributed by atoms with Crippen molar-refractivity contribution in [1.82, 2.24) is 10.1 Å². The molecule has 0 saturated heterocycles. The minimum Gasteiger partial charge on any atom is -0.382 e. The van der Waals surface area contributed by atoms with Crippen LogP contribution < -0.4 is 5.73 Å². The summed E-state index contributed by atoms with van der Waals surface area (Å²) < 4.78 is 4.92. The molecule has 1 aromatic heterocycles. The third-order valence-electron chi connectivity index (χ3n) is 2.79. The van der Waals surface area contributed by atoms with E-state index in [4.69, 9.17) is 10.3 Å². The van der Waals surface area contributed by atoms with E-state index in [0.717, 1.165) is 6.42 Å². The Bertz CT molecular complexity index is 335. The molecule has 1 aliphatic rings. The van der Waals surface area contributed by atoms with Crippen molar-refractivity contribution in [3.63, 3.8) is 0 Å². The molecule has 0 aromatic carbocycles. The maximum atomic E-state index is 9.35. The molecule has 0 aliphatic heterocycles. The van der Waals surface area contributed by atoms with Crippen molar-refractivity contribution in [2.45, 2.75) is 32.3 Å². The summed E-state index contributed by atoms with van der Waals surface area (Å²) >= 11 is 0. The smallest absolute Gasteiger partial charge is 0.256 e. The Morgan fingerprint density at radius 2 is 2.36 bits per heavy atom. The fourth-order valence-electron chi connectivity index (χ4n) is 1.53. The van der Waals surface area contributed by atoms with Crippen LogP contribution in [0.25, 0.3) is 0 Å². The Kier molecular flexibility index (Phi) is 2.08. The number of nitrogens with two attached hydrogens (primary N) is 1. The minimum atomic E-state index is -0.835. The quantitative estimate of drug-likeness (QED) is 0.740. The van der Waals surface area contributed by atoms with Gasteiger partial charge in [-0.2, -0.15) is 4.98 Å². The van der Waals surface area contributed by atoms with Crippen molar-refractivity contribution < 1.29 is 9.63 Å². The van der Waals surface area contributed by atoms with E-state index in [1.165, 1.54) is 0 Å². The molecule has 1 heterocycles. The van der Waals surface area contributed by atoms with E-state index in [9.17, 15) is 5.11 Å². The molecular formula is C9H15N3O2. The van der Waals surface area contributed by atoms with Crippen molar-refractivity contribution in [2.75, 3.05) is 6.54 Å². The van der Waals surface area contributed by atoms with Crippen molar-refractivity contribution in [2.24, 2.45) is 11.1 Å². The molecule has 1 fully saturated rings. The highest BCUT2D eigenvalue weighted by molar-refractivity contribution is 5.14. The van der Waals surface area contributed by atoms with Crippen molar-refractivity contribution in [3.05, 3.63) is 11.7 Å². The Morgan fingerprint density at radius 1 is 1.71 bits per heavy atom. The largest absolute Gasteiger partial charge is 0.382 e. The zero-order valence-electron chi connectivity index (χ0n) is 8.40. The first-order valence-electron chi connectivity index (χ1n) is 4.76. The summed E-state index contributed by atoms with van der Waals surface area (Å²) in [5, 5.41) is 13.2. The van der Waals surface area contributed by atoms with Crippen molar-refractivity contribution >= 4 is 0 Å². The number of hydrogen-bond acceptors (Lipinski definition) is 5. The lowest BCUT2D eigenvalue weighted by Gasteiger charge is -1.98. The Morgan fingerprint density at radius 3 is 2.86 bits per heavy atom. The third kappa shape index (κ3) is 1.53. The Labute approximate surface area is 82.3 Å². The standard InChI is InChI=1S/C9H15N3O2/c1-9(2)3-5(9)7-11-8(14-12-7)6(13)4-10/h5-6,13H,3-4,10H2,1-2H3/t5?,6-/m0/s1. The van der Waals surface area contributed by atoms with Gasteiger partial charge in [-0.15, -0.1) is 0 Å². The van der Waals surface area contributed by atoms with E-state index in [-0.39, 0.29) is 17.9 Å².